The van der Waals surface area contributed by atoms with Crippen molar-refractivity contribution in [2.45, 2.75) is 39.0 Å². The van der Waals surface area contributed by atoms with E-state index in [0.29, 0.717) is 5.92 Å². The highest BCUT2D eigenvalue weighted by atomic mass is 16.5. The van der Waals surface area contributed by atoms with E-state index >= 15 is 0 Å². The molecule has 5 heteroatoms. The Balaban J connectivity index is 1.70. The van der Waals surface area contributed by atoms with Gasteiger partial charge in [-0.25, -0.2) is 0 Å². The molecule has 0 amide bonds. The van der Waals surface area contributed by atoms with Crippen molar-refractivity contribution in [3.05, 3.63) is 53.6 Å². The Morgan fingerprint density at radius 1 is 1.11 bits per heavy atom. The van der Waals surface area contributed by atoms with Crippen LogP contribution in [0.5, 0.6) is 17.2 Å². The van der Waals surface area contributed by atoms with Crippen LogP contribution in [0.25, 0.3) is 0 Å². The zero-order valence-electron chi connectivity index (χ0n) is 16.3. The third kappa shape index (κ3) is 3.22. The molecule has 0 spiro atoms. The standard InChI is InChI=1S/C22H26N2O3/c1-14(2)11-22-24-18(16-7-5-6-8-19(16)27-22)13-17(23-24)15-9-10-20(25-3)21(12-15)26-4/h5-10,12,14,18,22H,11,13H2,1-4H3/t18-,22-/m1/s1. The Hall–Kier alpha value is -2.69. The van der Waals surface area contributed by atoms with Gasteiger partial charge in [0, 0.05) is 24.0 Å². The molecule has 0 unspecified atom stereocenters. The minimum Gasteiger partial charge on any atom is -0.493 e. The first kappa shape index (κ1) is 17.7. The van der Waals surface area contributed by atoms with Crippen LogP contribution in [0.1, 0.15) is 43.9 Å². The summed E-state index contributed by atoms with van der Waals surface area (Å²) in [7, 11) is 3.31. The number of nitrogens with zero attached hydrogens (tertiary/aromatic N) is 2. The van der Waals surface area contributed by atoms with Crippen LogP contribution in [-0.4, -0.2) is 31.2 Å². The van der Waals surface area contributed by atoms with Crippen LogP contribution < -0.4 is 14.2 Å². The van der Waals surface area contributed by atoms with E-state index in [9.17, 15) is 0 Å². The second-order valence-corrected chi connectivity index (χ2v) is 7.46. The molecule has 0 aliphatic carbocycles. The molecule has 2 atom stereocenters. The van der Waals surface area contributed by atoms with Gasteiger partial charge in [0.25, 0.3) is 0 Å². The SMILES string of the molecule is COc1ccc(C2=NN3[C@H](C2)c2ccccc2O[C@@H]3CC(C)C)cc1OC. The summed E-state index contributed by atoms with van der Waals surface area (Å²) in [4.78, 5) is 0. The molecule has 0 N–H and O–H groups in total. The second-order valence-electron chi connectivity index (χ2n) is 7.46. The third-order valence-electron chi connectivity index (χ3n) is 5.17. The van der Waals surface area contributed by atoms with Crippen molar-refractivity contribution in [3.63, 3.8) is 0 Å². The molecule has 2 aromatic rings. The van der Waals surface area contributed by atoms with Gasteiger partial charge in [-0.2, -0.15) is 5.10 Å². The van der Waals surface area contributed by atoms with Crippen molar-refractivity contribution in [2.24, 2.45) is 11.0 Å². The normalized spacial score (nSPS) is 20.6. The lowest BCUT2D eigenvalue weighted by Gasteiger charge is -2.38. The highest BCUT2D eigenvalue weighted by molar-refractivity contribution is 6.02. The molecule has 2 aromatic carbocycles. The Kier molecular flexibility index (Phi) is 4.68. The minimum atomic E-state index is -0.0393. The summed E-state index contributed by atoms with van der Waals surface area (Å²) in [5, 5.41) is 7.12. The van der Waals surface area contributed by atoms with Crippen LogP contribution in [0.15, 0.2) is 47.6 Å². The van der Waals surface area contributed by atoms with Crippen molar-refractivity contribution in [2.75, 3.05) is 14.2 Å². The van der Waals surface area contributed by atoms with Gasteiger partial charge in [0.05, 0.1) is 26.0 Å². The highest BCUT2D eigenvalue weighted by Crippen LogP contribution is 2.44. The van der Waals surface area contributed by atoms with Gasteiger partial charge in [-0.15, -0.1) is 0 Å². The maximum atomic E-state index is 6.30. The molecule has 2 heterocycles. The van der Waals surface area contributed by atoms with E-state index in [1.807, 2.05) is 24.3 Å². The maximum Gasteiger partial charge on any atom is 0.188 e. The minimum absolute atomic E-state index is 0.0393. The van der Waals surface area contributed by atoms with Gasteiger partial charge < -0.3 is 14.2 Å². The van der Waals surface area contributed by atoms with Crippen LogP contribution in [0.2, 0.25) is 0 Å². The molecule has 0 aromatic heterocycles. The summed E-state index contributed by atoms with van der Waals surface area (Å²) in [6.07, 6.45) is 1.75. The average Bonchev–Trinajstić information content (AvgIpc) is 3.13. The molecule has 2 aliphatic rings. The zero-order chi connectivity index (χ0) is 19.0. The number of ether oxygens (including phenoxy) is 3. The Morgan fingerprint density at radius 3 is 2.63 bits per heavy atom. The van der Waals surface area contributed by atoms with Crippen LogP contribution in [-0.2, 0) is 0 Å². The van der Waals surface area contributed by atoms with Gasteiger partial charge in [0.2, 0.25) is 0 Å². The number of hydrogen-bond acceptors (Lipinski definition) is 5. The van der Waals surface area contributed by atoms with Crippen LogP contribution in [0.3, 0.4) is 0 Å². The molecule has 0 saturated heterocycles. The van der Waals surface area contributed by atoms with Crippen molar-refractivity contribution in [1.29, 1.82) is 0 Å². The Morgan fingerprint density at radius 2 is 1.89 bits per heavy atom. The average molecular weight is 366 g/mol. The summed E-state index contributed by atoms with van der Waals surface area (Å²) < 4.78 is 17.1. The number of hydrazone groups is 1. The molecule has 0 radical (unpaired) electrons. The molecular weight excluding hydrogens is 340 g/mol. The fourth-order valence-electron chi connectivity index (χ4n) is 3.86. The summed E-state index contributed by atoms with van der Waals surface area (Å²) in [5.74, 6) is 2.95. The number of benzene rings is 2. The van der Waals surface area contributed by atoms with Gasteiger partial charge >= 0.3 is 0 Å². The molecule has 5 nitrogen and oxygen atoms in total. The topological polar surface area (TPSA) is 43.3 Å². The molecule has 2 aliphatic heterocycles. The van der Waals surface area contributed by atoms with Crippen LogP contribution >= 0.6 is 0 Å². The predicted molar refractivity (Wildman–Crippen MR) is 106 cm³/mol. The van der Waals surface area contributed by atoms with Crippen LogP contribution in [0.4, 0.5) is 0 Å². The van der Waals surface area contributed by atoms with Crippen LogP contribution in [0, 0.1) is 5.92 Å². The van der Waals surface area contributed by atoms with Gasteiger partial charge in [-0.3, -0.25) is 5.01 Å². The predicted octanol–water partition coefficient (Wildman–Crippen LogP) is 4.62. The van der Waals surface area contributed by atoms with Gasteiger partial charge in [0.15, 0.2) is 17.7 Å². The lowest BCUT2D eigenvalue weighted by molar-refractivity contribution is -0.0291. The molecule has 27 heavy (non-hydrogen) atoms. The molecule has 0 bridgehead atoms. The number of hydrogen-bond donors (Lipinski definition) is 0. The van der Waals surface area contributed by atoms with Gasteiger partial charge in [-0.1, -0.05) is 32.0 Å². The number of rotatable bonds is 5. The van der Waals surface area contributed by atoms with Gasteiger partial charge in [-0.05, 0) is 30.2 Å². The summed E-state index contributed by atoms with van der Waals surface area (Å²) >= 11 is 0. The summed E-state index contributed by atoms with van der Waals surface area (Å²) in [5.41, 5.74) is 3.31. The fourth-order valence-corrected chi connectivity index (χ4v) is 3.86. The first-order chi connectivity index (χ1) is 13.1. The van der Waals surface area contributed by atoms with E-state index in [-0.39, 0.29) is 12.3 Å². The fraction of sp³-hybridized carbons (Fsp3) is 0.409. The first-order valence-corrected chi connectivity index (χ1v) is 9.44. The molecule has 0 fully saturated rings. The van der Waals surface area contributed by atoms with E-state index in [1.54, 1.807) is 14.2 Å². The first-order valence-electron chi connectivity index (χ1n) is 9.44. The number of para-hydroxylation sites is 1. The molecule has 4 rings (SSSR count). The summed E-state index contributed by atoms with van der Waals surface area (Å²) in [6.45, 7) is 4.43. The lowest BCUT2D eigenvalue weighted by atomic mass is 9.95. The molecule has 142 valence electrons. The summed E-state index contributed by atoms with van der Waals surface area (Å²) in [6, 6.07) is 14.5. The quantitative estimate of drug-likeness (QED) is 0.774. The molecular formula is C22H26N2O3. The smallest absolute Gasteiger partial charge is 0.188 e. The Bertz CT molecular complexity index is 862. The lowest BCUT2D eigenvalue weighted by Crippen LogP contribution is -2.41. The van der Waals surface area contributed by atoms with Crippen molar-refractivity contribution >= 4 is 5.71 Å². The molecule has 0 saturated carbocycles. The number of methoxy groups -OCH3 is 2. The maximum absolute atomic E-state index is 6.30. The van der Waals surface area contributed by atoms with Crippen molar-refractivity contribution < 1.29 is 14.2 Å². The largest absolute Gasteiger partial charge is 0.493 e. The highest BCUT2D eigenvalue weighted by Gasteiger charge is 2.40. The van der Waals surface area contributed by atoms with E-state index in [0.717, 1.165) is 41.4 Å². The Labute approximate surface area is 160 Å². The number of fused-ring (bicyclic) bond motifs is 3. The van der Waals surface area contributed by atoms with E-state index < -0.39 is 0 Å². The van der Waals surface area contributed by atoms with E-state index in [1.165, 1.54) is 5.56 Å². The van der Waals surface area contributed by atoms with E-state index in [4.69, 9.17) is 19.3 Å². The monoisotopic (exact) mass is 366 g/mol. The van der Waals surface area contributed by atoms with Crippen molar-refractivity contribution in [3.8, 4) is 17.2 Å². The van der Waals surface area contributed by atoms with E-state index in [2.05, 4.69) is 37.1 Å². The van der Waals surface area contributed by atoms with Gasteiger partial charge in [0.1, 0.15) is 5.75 Å². The second kappa shape index (κ2) is 7.14. The zero-order valence-corrected chi connectivity index (χ0v) is 16.3. The third-order valence-corrected chi connectivity index (χ3v) is 5.17. The van der Waals surface area contributed by atoms with Crippen molar-refractivity contribution in [1.82, 2.24) is 5.01 Å².